The summed E-state index contributed by atoms with van der Waals surface area (Å²) in [6.07, 6.45) is 9.46. The van der Waals surface area contributed by atoms with E-state index < -0.39 is 17.5 Å². The zero-order valence-electron chi connectivity index (χ0n) is 22.0. The summed E-state index contributed by atoms with van der Waals surface area (Å²) in [4.78, 5) is 4.84. The Bertz CT molecular complexity index is 1500. The highest BCUT2D eigenvalue weighted by atomic mass is 19.1. The highest BCUT2D eigenvalue weighted by molar-refractivity contribution is 6.06. The van der Waals surface area contributed by atoms with Crippen LogP contribution in [0.4, 0.5) is 4.39 Å². The van der Waals surface area contributed by atoms with E-state index in [1.165, 1.54) is 11.1 Å². The molecule has 1 fully saturated rings. The van der Waals surface area contributed by atoms with E-state index in [0.29, 0.717) is 30.2 Å². The molecule has 0 saturated carbocycles. The van der Waals surface area contributed by atoms with E-state index in [-0.39, 0.29) is 11.6 Å². The summed E-state index contributed by atoms with van der Waals surface area (Å²) >= 11 is 0. The third-order valence-electron chi connectivity index (χ3n) is 7.46. The van der Waals surface area contributed by atoms with Crippen molar-refractivity contribution in [1.29, 1.82) is 0 Å². The average Bonchev–Trinajstić information content (AvgIpc) is 3.19. The molecule has 1 unspecified atom stereocenters. The van der Waals surface area contributed by atoms with Gasteiger partial charge in [-0.15, -0.1) is 0 Å². The smallest absolute Gasteiger partial charge is 0.144 e. The number of pyridine rings is 1. The summed E-state index contributed by atoms with van der Waals surface area (Å²) in [5, 5.41) is 13.2. The second-order valence-electron chi connectivity index (χ2n) is 10.6. The number of halogens is 1. The fourth-order valence-electron chi connectivity index (χ4n) is 5.54. The number of fused-ring (bicyclic) bond motifs is 4. The van der Waals surface area contributed by atoms with Crippen LogP contribution in [0.25, 0.3) is 27.6 Å². The number of aliphatic hydroxyl groups is 1. The van der Waals surface area contributed by atoms with Crippen molar-refractivity contribution in [2.24, 2.45) is 23.2 Å². The highest BCUT2D eigenvalue weighted by Crippen LogP contribution is 2.41. The number of aromatic nitrogens is 2. The number of nitrogens with two attached hydrogens (primary N) is 3. The first kappa shape index (κ1) is 26.0. The van der Waals surface area contributed by atoms with Gasteiger partial charge < -0.3 is 30.9 Å². The van der Waals surface area contributed by atoms with E-state index in [2.05, 4.69) is 4.57 Å². The summed E-state index contributed by atoms with van der Waals surface area (Å²) in [6.45, 7) is 4.63. The lowest BCUT2D eigenvalue weighted by molar-refractivity contribution is 0.0543. The number of ether oxygens (including phenoxy) is 1. The zero-order valence-corrected chi connectivity index (χ0v) is 22.0. The summed E-state index contributed by atoms with van der Waals surface area (Å²) in [7, 11) is 1.71. The number of nitrogens with zero attached hydrogens (tertiary/aromatic N) is 3. The normalized spacial score (nSPS) is 25.3. The van der Waals surface area contributed by atoms with Gasteiger partial charge in [-0.25, -0.2) is 10.2 Å². The second kappa shape index (κ2) is 9.90. The molecule has 0 radical (unpaired) electrons. The van der Waals surface area contributed by atoms with Gasteiger partial charge in [0.05, 0.1) is 45.3 Å². The molecule has 7 N–H and O–H groups in total. The Morgan fingerprint density at radius 2 is 1.82 bits per heavy atom. The highest BCUT2D eigenvalue weighted by Gasteiger charge is 2.33. The first-order chi connectivity index (χ1) is 18.1. The molecule has 3 aromatic rings. The van der Waals surface area contributed by atoms with Gasteiger partial charge in [0.15, 0.2) is 0 Å². The molecule has 1 aromatic carbocycles. The molecule has 4 heterocycles. The quantitative estimate of drug-likeness (QED) is 0.304. The first-order valence-electron chi connectivity index (χ1n) is 12.8. The molecular formula is C29H35FN6O2. The first-order valence-corrected chi connectivity index (χ1v) is 12.8. The molecule has 200 valence electrons. The monoisotopic (exact) mass is 518 g/mol. The van der Waals surface area contributed by atoms with Gasteiger partial charge in [-0.3, -0.25) is 4.98 Å². The van der Waals surface area contributed by atoms with Crippen molar-refractivity contribution in [2.75, 3.05) is 20.3 Å². The van der Waals surface area contributed by atoms with Gasteiger partial charge in [-0.1, -0.05) is 24.3 Å². The van der Waals surface area contributed by atoms with Gasteiger partial charge in [0, 0.05) is 37.4 Å². The molecule has 0 aliphatic carbocycles. The average molecular weight is 519 g/mol. The maximum atomic E-state index is 15.7. The molecule has 38 heavy (non-hydrogen) atoms. The van der Waals surface area contributed by atoms with Crippen molar-refractivity contribution in [3.8, 4) is 0 Å². The predicted molar refractivity (Wildman–Crippen MR) is 149 cm³/mol. The van der Waals surface area contributed by atoms with Crippen LogP contribution in [0, 0.1) is 5.92 Å². The van der Waals surface area contributed by atoms with Crippen molar-refractivity contribution >= 4 is 27.6 Å². The van der Waals surface area contributed by atoms with E-state index in [1.807, 2.05) is 24.3 Å². The Morgan fingerprint density at radius 3 is 2.50 bits per heavy atom. The molecule has 0 amide bonds. The Hall–Kier alpha value is -3.66. The molecule has 5 rings (SSSR count). The summed E-state index contributed by atoms with van der Waals surface area (Å²) in [6, 6.07) is 7.27. The molecule has 1 atom stereocenters. The van der Waals surface area contributed by atoms with Gasteiger partial charge in [-0.05, 0) is 62.5 Å². The Kier molecular flexibility index (Phi) is 6.77. The van der Waals surface area contributed by atoms with Gasteiger partial charge in [0.25, 0.3) is 0 Å². The fourth-order valence-corrected chi connectivity index (χ4v) is 5.54. The zero-order chi connectivity index (χ0) is 27.2. The molecule has 2 aliphatic heterocycles. The van der Waals surface area contributed by atoms with Crippen LogP contribution >= 0.6 is 0 Å². The van der Waals surface area contributed by atoms with E-state index in [1.54, 1.807) is 45.3 Å². The summed E-state index contributed by atoms with van der Waals surface area (Å²) < 4.78 is 23.4. The molecule has 2 aromatic heterocycles. The predicted octanol–water partition coefficient (Wildman–Crippen LogP) is 4.08. The van der Waals surface area contributed by atoms with Crippen LogP contribution in [0.1, 0.15) is 43.9 Å². The van der Waals surface area contributed by atoms with Crippen LogP contribution in [0.3, 0.4) is 0 Å². The lowest BCUT2D eigenvalue weighted by Gasteiger charge is -2.33. The Morgan fingerprint density at radius 1 is 1.11 bits per heavy atom. The van der Waals surface area contributed by atoms with Gasteiger partial charge >= 0.3 is 0 Å². The maximum absolute atomic E-state index is 15.7. The third-order valence-corrected chi connectivity index (χ3v) is 7.46. The standard InChI is InChI=1S/C29H35FN6O2/c1-29(2,37)19-8-9-20-23(15-19)36-24-14-18(16-34-26(20)24)27(35(3)33)22(31)7-5-4-6-21(30)25(32)28(36)17-10-12-38-13-11-17/h4-9,14-17,28,37H,10-13,31-33H2,1-3H3/b6-4-,7-5-,25-21+,27-22-. The van der Waals surface area contributed by atoms with Crippen LogP contribution in [0.2, 0.25) is 0 Å². The number of allylic oxidation sites excluding steroid dienone is 6. The molecule has 9 heteroatoms. The van der Waals surface area contributed by atoms with Crippen molar-refractivity contribution in [3.63, 3.8) is 0 Å². The number of benzene rings is 1. The molecule has 2 aliphatic rings. The number of hydrogen-bond donors (Lipinski definition) is 4. The number of hydrazine groups is 1. The number of rotatable bonds is 3. The van der Waals surface area contributed by atoms with E-state index in [4.69, 9.17) is 27.0 Å². The molecule has 1 saturated heterocycles. The second-order valence-corrected chi connectivity index (χ2v) is 10.6. The van der Waals surface area contributed by atoms with Crippen molar-refractivity contribution in [3.05, 3.63) is 83.1 Å². The van der Waals surface area contributed by atoms with Crippen molar-refractivity contribution in [1.82, 2.24) is 14.6 Å². The minimum Gasteiger partial charge on any atom is -0.398 e. The maximum Gasteiger partial charge on any atom is 0.144 e. The molecule has 2 bridgehead atoms. The Balaban J connectivity index is 1.94. The van der Waals surface area contributed by atoms with Gasteiger partial charge in [0.1, 0.15) is 5.83 Å². The topological polar surface area (TPSA) is 129 Å². The van der Waals surface area contributed by atoms with E-state index >= 15 is 4.39 Å². The minimum atomic E-state index is -1.07. The molecule has 8 nitrogen and oxygen atoms in total. The van der Waals surface area contributed by atoms with Gasteiger partial charge in [-0.2, -0.15) is 0 Å². The van der Waals surface area contributed by atoms with E-state index in [9.17, 15) is 5.11 Å². The van der Waals surface area contributed by atoms with Crippen LogP contribution in [-0.2, 0) is 10.3 Å². The van der Waals surface area contributed by atoms with Crippen LogP contribution in [0.5, 0.6) is 0 Å². The fraction of sp³-hybridized carbons (Fsp3) is 0.345. The minimum absolute atomic E-state index is 0.0223. The number of hydrogen-bond acceptors (Lipinski definition) is 7. The molecule has 0 spiro atoms. The molecular weight excluding hydrogens is 483 g/mol. The third kappa shape index (κ3) is 4.57. The van der Waals surface area contributed by atoms with Gasteiger partial charge in [0.2, 0.25) is 0 Å². The SMILES string of the molecule is CN(N)/C1=C(N)/C=C\C=C/C(F)=C(\N)C(C2CCOCC2)n2c3cc(C(C)(C)O)ccc3c3ncc1cc32. The van der Waals surface area contributed by atoms with Crippen molar-refractivity contribution in [2.45, 2.75) is 38.3 Å². The van der Waals surface area contributed by atoms with Crippen LogP contribution in [0.15, 0.2) is 72.0 Å². The lowest BCUT2D eigenvalue weighted by Crippen LogP contribution is -2.30. The van der Waals surface area contributed by atoms with Crippen molar-refractivity contribution < 1.29 is 14.2 Å². The Labute approximate surface area is 221 Å². The summed E-state index contributed by atoms with van der Waals surface area (Å²) in [5.74, 6) is 5.72. The van der Waals surface area contributed by atoms with Crippen LogP contribution in [-0.4, -0.2) is 39.9 Å². The largest absolute Gasteiger partial charge is 0.398 e. The summed E-state index contributed by atoms with van der Waals surface area (Å²) in [5.41, 5.74) is 16.9. The van der Waals surface area contributed by atoms with Crippen LogP contribution < -0.4 is 17.3 Å². The lowest BCUT2D eigenvalue weighted by atomic mass is 9.88. The van der Waals surface area contributed by atoms with E-state index in [0.717, 1.165) is 40.3 Å².